The van der Waals surface area contributed by atoms with Crippen molar-refractivity contribution in [3.63, 3.8) is 0 Å². The predicted octanol–water partition coefficient (Wildman–Crippen LogP) is 4.04. The van der Waals surface area contributed by atoms with Gasteiger partial charge in [0.15, 0.2) is 0 Å². The third kappa shape index (κ3) is 6.84. The van der Waals surface area contributed by atoms with Gasteiger partial charge in [0, 0.05) is 23.1 Å². The molecule has 1 atom stereocenters. The summed E-state index contributed by atoms with van der Waals surface area (Å²) < 4.78 is 32.6. The maximum Gasteiger partial charge on any atom is 0.224 e. The van der Waals surface area contributed by atoms with Gasteiger partial charge < -0.3 is 10.1 Å². The number of sulfonamides is 1. The highest BCUT2D eigenvalue weighted by molar-refractivity contribution is 7.88. The van der Waals surface area contributed by atoms with Crippen LogP contribution in [0.1, 0.15) is 24.0 Å². The maximum absolute atomic E-state index is 12.8. The van der Waals surface area contributed by atoms with Gasteiger partial charge in [0.1, 0.15) is 12.4 Å². The Morgan fingerprint density at radius 2 is 1.94 bits per heavy atom. The van der Waals surface area contributed by atoms with Crippen LogP contribution in [-0.4, -0.2) is 44.9 Å². The highest BCUT2D eigenvalue weighted by atomic mass is 35.5. The van der Waals surface area contributed by atoms with Crippen LogP contribution in [0.5, 0.6) is 5.75 Å². The first-order valence-corrected chi connectivity index (χ1v) is 12.5. The Hall–Kier alpha value is -1.80. The zero-order chi connectivity index (χ0) is 22.4. The molecule has 2 aromatic rings. The minimum absolute atomic E-state index is 0.106. The number of rotatable bonds is 8. The first-order chi connectivity index (χ1) is 14.7. The summed E-state index contributed by atoms with van der Waals surface area (Å²) in [6, 6.07) is 12.2. The second kappa shape index (κ2) is 10.7. The summed E-state index contributed by atoms with van der Waals surface area (Å²) in [6.07, 6.45) is 1.31. The zero-order valence-corrected chi connectivity index (χ0v) is 19.6. The van der Waals surface area contributed by atoms with Gasteiger partial charge in [-0.15, -0.1) is 0 Å². The molecule has 31 heavy (non-hydrogen) atoms. The fourth-order valence-corrected chi connectivity index (χ4v) is 5.35. The fourth-order valence-electron chi connectivity index (χ4n) is 3.44. The molecule has 1 amide bonds. The molecule has 0 aliphatic carbocycles. The number of benzene rings is 2. The van der Waals surface area contributed by atoms with Gasteiger partial charge in [0.25, 0.3) is 0 Å². The standard InChI is InChI=1S/C22H26Cl2N2O4S/c1-16-4-9-20(13-21(16)24)30-12-10-25-22(27)18-3-2-11-26(14-18)31(28,29)15-17-5-7-19(23)8-6-17/h4-9,13,18H,2-3,10-12,14-15H2,1H3,(H,25,27). The number of piperidine rings is 1. The van der Waals surface area contributed by atoms with E-state index < -0.39 is 10.0 Å². The Balaban J connectivity index is 1.48. The van der Waals surface area contributed by atoms with Crippen LogP contribution in [0, 0.1) is 12.8 Å². The van der Waals surface area contributed by atoms with Crippen LogP contribution >= 0.6 is 23.2 Å². The summed E-state index contributed by atoms with van der Waals surface area (Å²) in [5.74, 6) is 0.00678. The summed E-state index contributed by atoms with van der Waals surface area (Å²) in [7, 11) is -3.51. The highest BCUT2D eigenvalue weighted by Gasteiger charge is 2.32. The Morgan fingerprint density at radius 1 is 1.19 bits per heavy atom. The molecule has 9 heteroatoms. The average molecular weight is 485 g/mol. The molecule has 0 saturated carbocycles. The maximum atomic E-state index is 12.8. The number of hydrogen-bond acceptors (Lipinski definition) is 4. The van der Waals surface area contributed by atoms with Crippen molar-refractivity contribution >= 4 is 39.1 Å². The Morgan fingerprint density at radius 3 is 2.65 bits per heavy atom. The van der Waals surface area contributed by atoms with Crippen molar-refractivity contribution < 1.29 is 17.9 Å². The molecule has 1 N–H and O–H groups in total. The molecule has 0 aromatic heterocycles. The molecule has 168 valence electrons. The van der Waals surface area contributed by atoms with E-state index in [9.17, 15) is 13.2 Å². The smallest absolute Gasteiger partial charge is 0.224 e. The van der Waals surface area contributed by atoms with Crippen molar-refractivity contribution in [2.45, 2.75) is 25.5 Å². The predicted molar refractivity (Wildman–Crippen MR) is 123 cm³/mol. The quantitative estimate of drug-likeness (QED) is 0.573. The van der Waals surface area contributed by atoms with Gasteiger partial charge in [-0.2, -0.15) is 0 Å². The Kier molecular flexibility index (Phi) is 8.22. The van der Waals surface area contributed by atoms with E-state index in [1.807, 2.05) is 19.1 Å². The molecular formula is C22H26Cl2N2O4S. The molecule has 1 heterocycles. The molecule has 0 radical (unpaired) electrons. The number of carbonyl (C=O) groups is 1. The van der Waals surface area contributed by atoms with Crippen LogP contribution in [0.3, 0.4) is 0 Å². The van der Waals surface area contributed by atoms with E-state index in [2.05, 4.69) is 5.32 Å². The SMILES string of the molecule is Cc1ccc(OCCNC(=O)C2CCCN(S(=O)(=O)Cc3ccc(Cl)cc3)C2)cc1Cl. The van der Waals surface area contributed by atoms with Crippen LogP contribution in [0.15, 0.2) is 42.5 Å². The topological polar surface area (TPSA) is 75.7 Å². The normalized spacial score (nSPS) is 17.3. The number of hydrogen-bond donors (Lipinski definition) is 1. The van der Waals surface area contributed by atoms with E-state index in [0.717, 1.165) is 5.56 Å². The van der Waals surface area contributed by atoms with Crippen molar-refractivity contribution in [2.75, 3.05) is 26.2 Å². The van der Waals surface area contributed by atoms with Crippen LogP contribution in [-0.2, 0) is 20.6 Å². The highest BCUT2D eigenvalue weighted by Crippen LogP contribution is 2.23. The largest absolute Gasteiger partial charge is 0.492 e. The zero-order valence-electron chi connectivity index (χ0n) is 17.3. The first kappa shape index (κ1) is 23.9. The van der Waals surface area contributed by atoms with E-state index in [1.165, 1.54) is 4.31 Å². The lowest BCUT2D eigenvalue weighted by Crippen LogP contribution is -2.46. The van der Waals surface area contributed by atoms with Crippen LogP contribution in [0.25, 0.3) is 0 Å². The third-order valence-corrected chi connectivity index (χ3v) is 7.70. The third-order valence-electron chi connectivity index (χ3n) is 5.22. The average Bonchev–Trinajstić information content (AvgIpc) is 2.75. The molecule has 1 aliphatic heterocycles. The number of aryl methyl sites for hydroxylation is 1. The molecule has 0 spiro atoms. The number of nitrogens with zero attached hydrogens (tertiary/aromatic N) is 1. The van der Waals surface area contributed by atoms with E-state index in [1.54, 1.807) is 30.3 Å². The van der Waals surface area contributed by atoms with Gasteiger partial charge in [0.05, 0.1) is 18.2 Å². The van der Waals surface area contributed by atoms with Gasteiger partial charge in [-0.25, -0.2) is 12.7 Å². The number of ether oxygens (including phenoxy) is 1. The molecular weight excluding hydrogens is 459 g/mol. The van der Waals surface area contributed by atoms with Gasteiger partial charge >= 0.3 is 0 Å². The molecule has 3 rings (SSSR count). The molecule has 2 aromatic carbocycles. The number of halogens is 2. The molecule has 1 fully saturated rings. The van der Waals surface area contributed by atoms with Gasteiger partial charge in [0.2, 0.25) is 15.9 Å². The lowest BCUT2D eigenvalue weighted by molar-refractivity contribution is -0.126. The number of amides is 1. The summed E-state index contributed by atoms with van der Waals surface area (Å²) in [5.41, 5.74) is 1.64. The monoisotopic (exact) mass is 484 g/mol. The molecule has 0 bridgehead atoms. The van der Waals surface area contributed by atoms with E-state index in [4.69, 9.17) is 27.9 Å². The van der Waals surface area contributed by atoms with Crippen molar-refractivity contribution in [1.82, 2.24) is 9.62 Å². The van der Waals surface area contributed by atoms with Crippen molar-refractivity contribution in [3.8, 4) is 5.75 Å². The minimum atomic E-state index is -3.51. The van der Waals surface area contributed by atoms with Gasteiger partial charge in [-0.05, 0) is 55.2 Å². The van der Waals surface area contributed by atoms with Crippen LogP contribution < -0.4 is 10.1 Å². The van der Waals surface area contributed by atoms with Crippen molar-refractivity contribution in [2.24, 2.45) is 5.92 Å². The lowest BCUT2D eigenvalue weighted by Gasteiger charge is -2.31. The Labute approximate surface area is 193 Å². The number of carbonyl (C=O) groups excluding carboxylic acids is 1. The first-order valence-electron chi connectivity index (χ1n) is 10.1. The lowest BCUT2D eigenvalue weighted by atomic mass is 9.99. The molecule has 1 unspecified atom stereocenters. The van der Waals surface area contributed by atoms with Crippen LogP contribution in [0.2, 0.25) is 10.0 Å². The van der Waals surface area contributed by atoms with E-state index >= 15 is 0 Å². The summed E-state index contributed by atoms with van der Waals surface area (Å²) >= 11 is 11.9. The minimum Gasteiger partial charge on any atom is -0.492 e. The summed E-state index contributed by atoms with van der Waals surface area (Å²) in [6.45, 7) is 3.16. The summed E-state index contributed by atoms with van der Waals surface area (Å²) in [5, 5.41) is 4.03. The van der Waals surface area contributed by atoms with Gasteiger partial charge in [-0.1, -0.05) is 41.4 Å². The molecule has 1 aliphatic rings. The number of nitrogens with one attached hydrogen (secondary N) is 1. The molecule has 1 saturated heterocycles. The Bertz CT molecular complexity index is 1010. The van der Waals surface area contributed by atoms with E-state index in [0.29, 0.717) is 53.9 Å². The second-order valence-corrected chi connectivity index (χ2v) is 10.4. The van der Waals surface area contributed by atoms with Gasteiger partial charge in [-0.3, -0.25) is 4.79 Å². The fraction of sp³-hybridized carbons (Fsp3) is 0.409. The van der Waals surface area contributed by atoms with E-state index in [-0.39, 0.29) is 24.1 Å². The molecule has 6 nitrogen and oxygen atoms in total. The van der Waals surface area contributed by atoms with Crippen molar-refractivity contribution in [3.05, 3.63) is 63.6 Å². The summed E-state index contributed by atoms with van der Waals surface area (Å²) in [4.78, 5) is 12.6. The second-order valence-electron chi connectivity index (χ2n) is 7.63. The van der Waals surface area contributed by atoms with Crippen molar-refractivity contribution in [1.29, 1.82) is 0 Å². The van der Waals surface area contributed by atoms with Crippen LogP contribution in [0.4, 0.5) is 0 Å².